The lowest BCUT2D eigenvalue weighted by molar-refractivity contribution is -0.134. The average molecular weight is 350 g/mol. The van der Waals surface area contributed by atoms with Gasteiger partial charge in [0.15, 0.2) is 0 Å². The van der Waals surface area contributed by atoms with Crippen LogP contribution in [0, 0.1) is 5.82 Å². The highest BCUT2D eigenvalue weighted by Crippen LogP contribution is 2.29. The van der Waals surface area contributed by atoms with Gasteiger partial charge in [-0.1, -0.05) is 13.8 Å². The zero-order valence-electron chi connectivity index (χ0n) is 14.4. The Hall–Kier alpha value is -2.67. The van der Waals surface area contributed by atoms with Crippen molar-refractivity contribution in [3.05, 3.63) is 47.9 Å². The second kappa shape index (κ2) is 8.98. The molecule has 25 heavy (non-hydrogen) atoms. The van der Waals surface area contributed by atoms with Crippen molar-refractivity contribution in [2.24, 2.45) is 5.73 Å². The summed E-state index contributed by atoms with van der Waals surface area (Å²) < 4.78 is 15.9. The summed E-state index contributed by atoms with van der Waals surface area (Å²) in [6.45, 7) is 6.76. The molecule has 0 radical (unpaired) electrons. The van der Waals surface area contributed by atoms with Gasteiger partial charge in [0, 0.05) is 41.8 Å². The van der Waals surface area contributed by atoms with Crippen molar-refractivity contribution in [3.8, 4) is 0 Å². The Morgan fingerprint density at radius 2 is 1.72 bits per heavy atom. The van der Waals surface area contributed by atoms with Crippen LogP contribution in [0.2, 0.25) is 0 Å². The van der Waals surface area contributed by atoms with E-state index in [1.54, 1.807) is 6.07 Å². The van der Waals surface area contributed by atoms with Gasteiger partial charge in [0.25, 0.3) is 0 Å². The third kappa shape index (κ3) is 6.04. The van der Waals surface area contributed by atoms with Gasteiger partial charge in [-0.05, 0) is 36.6 Å². The van der Waals surface area contributed by atoms with Crippen molar-refractivity contribution < 1.29 is 24.2 Å². The molecule has 0 saturated heterocycles. The number of halogens is 1. The van der Waals surface area contributed by atoms with Crippen molar-refractivity contribution in [2.75, 3.05) is 0 Å². The number of carbonyl (C=O) groups is 2. The third-order valence-corrected chi connectivity index (χ3v) is 3.37. The lowest BCUT2D eigenvalue weighted by Crippen LogP contribution is -2.21. The van der Waals surface area contributed by atoms with Gasteiger partial charge in [-0.2, -0.15) is 0 Å². The summed E-state index contributed by atoms with van der Waals surface area (Å²) >= 11 is 0. The molecule has 4 N–H and O–H groups in total. The molecule has 0 aliphatic rings. The summed E-state index contributed by atoms with van der Waals surface area (Å²) in [5.74, 6) is -2.45. The zero-order chi connectivity index (χ0) is 19.1. The molecule has 0 aliphatic carbocycles. The van der Waals surface area contributed by atoms with Crippen LogP contribution in [0.1, 0.15) is 32.3 Å². The number of nitrogens with zero attached hydrogens (tertiary/aromatic N) is 1. The maximum atomic E-state index is 13.8. The van der Waals surface area contributed by atoms with E-state index in [4.69, 9.17) is 15.9 Å². The highest BCUT2D eigenvalue weighted by Gasteiger charge is 2.13. The highest BCUT2D eigenvalue weighted by atomic mass is 19.1. The van der Waals surface area contributed by atoms with E-state index < -0.39 is 11.9 Å². The average Bonchev–Trinajstić information content (AvgIpc) is 2.87. The van der Waals surface area contributed by atoms with E-state index in [0.29, 0.717) is 12.2 Å². The van der Waals surface area contributed by atoms with Gasteiger partial charge >= 0.3 is 11.9 Å². The number of hydrogen-bond acceptors (Lipinski definition) is 3. The fourth-order valence-electron chi connectivity index (χ4n) is 2.47. The molecule has 0 bridgehead atoms. The fourth-order valence-corrected chi connectivity index (χ4v) is 2.47. The molecule has 2 aromatic rings. The number of benzene rings is 1. The van der Waals surface area contributed by atoms with E-state index in [2.05, 4.69) is 4.57 Å². The Kier molecular flexibility index (Phi) is 7.32. The molecule has 1 aromatic carbocycles. The first-order valence-corrected chi connectivity index (χ1v) is 7.80. The minimum absolute atomic E-state index is 0.0955. The van der Waals surface area contributed by atoms with Crippen molar-refractivity contribution in [2.45, 2.75) is 39.3 Å². The number of nitrogens with two attached hydrogens (primary N) is 1. The van der Waals surface area contributed by atoms with Gasteiger partial charge < -0.3 is 20.5 Å². The zero-order valence-corrected chi connectivity index (χ0v) is 14.4. The van der Waals surface area contributed by atoms with Crippen LogP contribution in [0.4, 0.5) is 4.39 Å². The minimum atomic E-state index is -1.26. The molecule has 2 rings (SSSR count). The number of hydrogen-bond donors (Lipinski definition) is 3. The molecule has 136 valence electrons. The fraction of sp³-hybridized carbons (Fsp3) is 0.333. The molecular formula is C18H23FN2O4. The smallest absolute Gasteiger partial charge is 0.328 e. The number of carboxylic acids is 2. The van der Waals surface area contributed by atoms with Gasteiger partial charge in [-0.3, -0.25) is 0 Å². The first kappa shape index (κ1) is 20.4. The Labute approximate surface area is 145 Å². The largest absolute Gasteiger partial charge is 0.478 e. The predicted octanol–water partition coefficient (Wildman–Crippen LogP) is 2.96. The van der Waals surface area contributed by atoms with Crippen LogP contribution in [0.15, 0.2) is 36.5 Å². The Bertz CT molecular complexity index is 763. The summed E-state index contributed by atoms with van der Waals surface area (Å²) in [4.78, 5) is 19.1. The minimum Gasteiger partial charge on any atom is -0.478 e. The number of rotatable bonds is 5. The molecule has 0 unspecified atom stereocenters. The van der Waals surface area contributed by atoms with Crippen LogP contribution in [-0.4, -0.2) is 32.8 Å². The second-order valence-electron chi connectivity index (χ2n) is 6.00. The molecule has 0 fully saturated rings. The van der Waals surface area contributed by atoms with Gasteiger partial charge in [0.1, 0.15) is 5.82 Å². The summed E-state index contributed by atoms with van der Waals surface area (Å²) in [5.41, 5.74) is 7.67. The van der Waals surface area contributed by atoms with Gasteiger partial charge in [0.05, 0.1) is 0 Å². The molecule has 0 spiro atoms. The van der Waals surface area contributed by atoms with Crippen LogP contribution in [0.5, 0.6) is 0 Å². The SMILES string of the molecule is CC(C)c1c(F)ccc2c1ccn2C[C@H](C)N.O=C(O)C=CC(=O)O. The molecule has 1 aromatic heterocycles. The van der Waals surface area contributed by atoms with Crippen molar-refractivity contribution >= 4 is 22.8 Å². The standard InChI is InChI=1S/C14H19FN2.C4H4O4/c1-9(2)14-11-6-7-17(8-10(3)16)13(11)5-4-12(14)15;5-3(6)1-2-4(7)8/h4-7,9-10H,8,16H2,1-3H3;1-2H,(H,5,6)(H,7,8)/t10-;/m0./s1. The van der Waals surface area contributed by atoms with Crippen molar-refractivity contribution in [1.82, 2.24) is 4.57 Å². The summed E-state index contributed by atoms with van der Waals surface area (Å²) in [5, 5.41) is 16.6. The first-order valence-electron chi connectivity index (χ1n) is 7.80. The number of aliphatic carboxylic acids is 2. The van der Waals surface area contributed by atoms with Gasteiger partial charge in [-0.15, -0.1) is 0 Å². The van der Waals surface area contributed by atoms with Crippen LogP contribution in [0.25, 0.3) is 10.9 Å². The molecule has 1 heterocycles. The Balaban J connectivity index is 0.000000333. The van der Waals surface area contributed by atoms with Crippen LogP contribution in [-0.2, 0) is 16.1 Å². The lowest BCUT2D eigenvalue weighted by Gasteiger charge is -2.12. The maximum Gasteiger partial charge on any atom is 0.328 e. The second-order valence-corrected chi connectivity index (χ2v) is 6.00. The van der Waals surface area contributed by atoms with E-state index >= 15 is 0 Å². The monoisotopic (exact) mass is 350 g/mol. The van der Waals surface area contributed by atoms with Crippen LogP contribution < -0.4 is 5.73 Å². The van der Waals surface area contributed by atoms with Gasteiger partial charge in [0.2, 0.25) is 0 Å². The quantitative estimate of drug-likeness (QED) is 0.719. The topological polar surface area (TPSA) is 106 Å². The number of fused-ring (bicyclic) bond motifs is 1. The van der Waals surface area contributed by atoms with E-state index in [1.165, 1.54) is 0 Å². The van der Waals surface area contributed by atoms with E-state index in [9.17, 15) is 14.0 Å². The highest BCUT2D eigenvalue weighted by molar-refractivity contribution is 5.89. The van der Waals surface area contributed by atoms with E-state index in [1.807, 2.05) is 39.1 Å². The molecule has 7 heteroatoms. The first-order chi connectivity index (χ1) is 11.6. The van der Waals surface area contributed by atoms with Crippen LogP contribution >= 0.6 is 0 Å². The summed E-state index contributed by atoms with van der Waals surface area (Å²) in [6, 6.07) is 5.46. The van der Waals surface area contributed by atoms with E-state index in [-0.39, 0.29) is 17.8 Å². The predicted molar refractivity (Wildman–Crippen MR) is 94.0 cm³/mol. The normalized spacial score (nSPS) is 12.2. The van der Waals surface area contributed by atoms with Crippen LogP contribution in [0.3, 0.4) is 0 Å². The summed E-state index contributed by atoms with van der Waals surface area (Å²) in [7, 11) is 0. The number of aromatic nitrogens is 1. The third-order valence-electron chi connectivity index (χ3n) is 3.37. The Morgan fingerprint density at radius 1 is 1.16 bits per heavy atom. The molecule has 0 aliphatic heterocycles. The maximum absolute atomic E-state index is 13.8. The molecule has 6 nitrogen and oxygen atoms in total. The van der Waals surface area contributed by atoms with Crippen molar-refractivity contribution in [1.29, 1.82) is 0 Å². The summed E-state index contributed by atoms with van der Waals surface area (Å²) in [6.07, 6.45) is 3.10. The number of carboxylic acid groups (broad SMARTS) is 2. The Morgan fingerprint density at radius 3 is 2.16 bits per heavy atom. The lowest BCUT2D eigenvalue weighted by atomic mass is 9.99. The molecule has 0 amide bonds. The van der Waals surface area contributed by atoms with Gasteiger partial charge in [-0.25, -0.2) is 14.0 Å². The van der Waals surface area contributed by atoms with Crippen molar-refractivity contribution in [3.63, 3.8) is 0 Å². The molecule has 0 saturated carbocycles. The molecular weight excluding hydrogens is 327 g/mol. The molecule has 1 atom stereocenters. The van der Waals surface area contributed by atoms with E-state index in [0.717, 1.165) is 23.0 Å².